The predicted molar refractivity (Wildman–Crippen MR) is 69.9 cm³/mol. The van der Waals surface area contributed by atoms with Crippen LogP contribution in [-0.4, -0.2) is 31.1 Å². The van der Waals surface area contributed by atoms with E-state index in [1.54, 1.807) is 25.1 Å². The maximum absolute atomic E-state index is 12.2. The van der Waals surface area contributed by atoms with Crippen molar-refractivity contribution in [3.8, 4) is 11.5 Å². The number of aliphatic carboxylic acids is 1. The molecule has 0 fully saturated rings. The topological polar surface area (TPSA) is 72.8 Å². The van der Waals surface area contributed by atoms with Gasteiger partial charge in [-0.15, -0.1) is 0 Å². The molecule has 0 aliphatic heterocycles. The fraction of sp³-hybridized carbons (Fsp3) is 0.429. The number of benzene rings is 1. The maximum atomic E-state index is 12.2. The molecule has 0 saturated heterocycles. The standard InChI is InChI=1S/C14H18O5/c1-9(7-14(16)17)6-12(15)11-8-10(18-2)4-5-13(11)19-3/h4-5,8-9H,6-7H2,1-3H3,(H,16,17). The van der Waals surface area contributed by atoms with Crippen LogP contribution in [0.2, 0.25) is 0 Å². The lowest BCUT2D eigenvalue weighted by Gasteiger charge is -2.12. The summed E-state index contributed by atoms with van der Waals surface area (Å²) in [7, 11) is 3.00. The van der Waals surface area contributed by atoms with Crippen LogP contribution in [0.3, 0.4) is 0 Å². The Kier molecular flexibility index (Phi) is 5.36. The van der Waals surface area contributed by atoms with Gasteiger partial charge in [-0.05, 0) is 24.1 Å². The average molecular weight is 266 g/mol. The molecule has 0 saturated carbocycles. The van der Waals surface area contributed by atoms with Crippen LogP contribution >= 0.6 is 0 Å². The van der Waals surface area contributed by atoms with Crippen LogP contribution in [0.4, 0.5) is 0 Å². The van der Waals surface area contributed by atoms with E-state index in [0.29, 0.717) is 17.1 Å². The third kappa shape index (κ3) is 4.28. The Bertz CT molecular complexity index is 467. The van der Waals surface area contributed by atoms with Crippen LogP contribution in [-0.2, 0) is 4.79 Å². The number of carboxylic acid groups (broad SMARTS) is 1. The zero-order chi connectivity index (χ0) is 14.4. The number of methoxy groups -OCH3 is 2. The van der Waals surface area contributed by atoms with E-state index in [1.807, 2.05) is 0 Å². The summed E-state index contributed by atoms with van der Waals surface area (Å²) in [6.07, 6.45) is 0.133. The largest absolute Gasteiger partial charge is 0.497 e. The van der Waals surface area contributed by atoms with E-state index >= 15 is 0 Å². The Balaban J connectivity index is 2.88. The molecule has 0 aliphatic carbocycles. The van der Waals surface area contributed by atoms with E-state index < -0.39 is 5.97 Å². The molecule has 0 amide bonds. The first kappa shape index (κ1) is 15.0. The van der Waals surface area contributed by atoms with Crippen LogP contribution in [0.5, 0.6) is 11.5 Å². The molecule has 19 heavy (non-hydrogen) atoms. The van der Waals surface area contributed by atoms with Gasteiger partial charge < -0.3 is 14.6 Å². The van der Waals surface area contributed by atoms with Crippen molar-refractivity contribution in [3.05, 3.63) is 23.8 Å². The highest BCUT2D eigenvalue weighted by atomic mass is 16.5. The Morgan fingerprint density at radius 1 is 1.21 bits per heavy atom. The van der Waals surface area contributed by atoms with Crippen LogP contribution in [0.15, 0.2) is 18.2 Å². The van der Waals surface area contributed by atoms with Gasteiger partial charge in [0.25, 0.3) is 0 Å². The highest BCUT2D eigenvalue weighted by Crippen LogP contribution is 2.26. The predicted octanol–water partition coefficient (Wildman–Crippen LogP) is 2.39. The zero-order valence-electron chi connectivity index (χ0n) is 11.3. The second kappa shape index (κ2) is 6.78. The highest BCUT2D eigenvalue weighted by molar-refractivity contribution is 5.99. The van der Waals surface area contributed by atoms with Crippen molar-refractivity contribution >= 4 is 11.8 Å². The minimum absolute atomic E-state index is 0.0297. The molecule has 0 radical (unpaired) electrons. The number of ketones is 1. The number of ether oxygens (including phenoxy) is 2. The number of Topliss-reactive ketones (excluding diaryl/α,β-unsaturated/α-hetero) is 1. The van der Waals surface area contributed by atoms with E-state index in [-0.39, 0.29) is 24.5 Å². The molecular weight excluding hydrogens is 248 g/mol. The smallest absolute Gasteiger partial charge is 0.303 e. The number of hydrogen-bond acceptors (Lipinski definition) is 4. The fourth-order valence-corrected chi connectivity index (χ4v) is 1.83. The lowest BCUT2D eigenvalue weighted by molar-refractivity contribution is -0.137. The molecule has 5 heteroatoms. The third-order valence-electron chi connectivity index (χ3n) is 2.76. The number of carbonyl (C=O) groups is 2. The Morgan fingerprint density at radius 2 is 1.89 bits per heavy atom. The van der Waals surface area contributed by atoms with E-state index in [1.165, 1.54) is 14.2 Å². The molecule has 0 aliphatic rings. The van der Waals surface area contributed by atoms with Gasteiger partial charge >= 0.3 is 5.97 Å². The van der Waals surface area contributed by atoms with Gasteiger partial charge in [0.15, 0.2) is 5.78 Å². The summed E-state index contributed by atoms with van der Waals surface area (Å²) in [5.41, 5.74) is 0.416. The number of rotatable bonds is 7. The van der Waals surface area contributed by atoms with Crippen molar-refractivity contribution < 1.29 is 24.2 Å². The zero-order valence-corrected chi connectivity index (χ0v) is 11.3. The number of hydrogen-bond donors (Lipinski definition) is 1. The van der Waals surface area contributed by atoms with Crippen molar-refractivity contribution in [3.63, 3.8) is 0 Å². The first-order valence-electron chi connectivity index (χ1n) is 5.95. The summed E-state index contributed by atoms with van der Waals surface area (Å²) in [6.45, 7) is 1.73. The summed E-state index contributed by atoms with van der Waals surface area (Å²) in [5, 5.41) is 8.69. The molecule has 1 aromatic carbocycles. The molecule has 104 valence electrons. The molecule has 0 bridgehead atoms. The Hall–Kier alpha value is -2.04. The molecule has 1 atom stereocenters. The average Bonchev–Trinajstić information content (AvgIpc) is 2.36. The Labute approximate surface area is 112 Å². The molecule has 0 spiro atoms. The minimum atomic E-state index is -0.905. The lowest BCUT2D eigenvalue weighted by atomic mass is 9.96. The first-order valence-corrected chi connectivity index (χ1v) is 5.95. The molecule has 1 N–H and O–H groups in total. The molecule has 0 heterocycles. The van der Waals surface area contributed by atoms with Crippen molar-refractivity contribution in [1.29, 1.82) is 0 Å². The van der Waals surface area contributed by atoms with Gasteiger partial charge in [-0.25, -0.2) is 0 Å². The van der Waals surface area contributed by atoms with Crippen LogP contribution in [0.1, 0.15) is 30.1 Å². The summed E-state index contributed by atoms with van der Waals surface area (Å²) in [5.74, 6) is -0.244. The molecule has 0 aromatic heterocycles. The normalized spacial score (nSPS) is 11.7. The minimum Gasteiger partial charge on any atom is -0.497 e. The van der Waals surface area contributed by atoms with Gasteiger partial charge in [-0.2, -0.15) is 0 Å². The second-order valence-electron chi connectivity index (χ2n) is 4.40. The van der Waals surface area contributed by atoms with Gasteiger partial charge in [0.2, 0.25) is 0 Å². The number of carboxylic acids is 1. The molecule has 1 rings (SSSR count). The maximum Gasteiger partial charge on any atom is 0.303 e. The van der Waals surface area contributed by atoms with Crippen LogP contribution in [0, 0.1) is 5.92 Å². The van der Waals surface area contributed by atoms with E-state index in [9.17, 15) is 9.59 Å². The van der Waals surface area contributed by atoms with Crippen LogP contribution < -0.4 is 9.47 Å². The van der Waals surface area contributed by atoms with Crippen molar-refractivity contribution in [1.82, 2.24) is 0 Å². The van der Waals surface area contributed by atoms with Gasteiger partial charge in [0.1, 0.15) is 11.5 Å². The van der Waals surface area contributed by atoms with Crippen molar-refractivity contribution in [2.45, 2.75) is 19.8 Å². The van der Waals surface area contributed by atoms with E-state index in [2.05, 4.69) is 0 Å². The second-order valence-corrected chi connectivity index (χ2v) is 4.40. The first-order chi connectivity index (χ1) is 8.97. The van der Waals surface area contributed by atoms with Gasteiger partial charge in [-0.3, -0.25) is 9.59 Å². The lowest BCUT2D eigenvalue weighted by Crippen LogP contribution is -2.11. The van der Waals surface area contributed by atoms with Crippen molar-refractivity contribution in [2.75, 3.05) is 14.2 Å². The quantitative estimate of drug-likeness (QED) is 0.767. The monoisotopic (exact) mass is 266 g/mol. The molecule has 5 nitrogen and oxygen atoms in total. The van der Waals surface area contributed by atoms with Gasteiger partial charge in [0, 0.05) is 12.8 Å². The fourth-order valence-electron chi connectivity index (χ4n) is 1.83. The summed E-state index contributed by atoms with van der Waals surface area (Å²) in [4.78, 5) is 22.8. The third-order valence-corrected chi connectivity index (χ3v) is 2.76. The van der Waals surface area contributed by atoms with E-state index in [0.717, 1.165) is 0 Å². The van der Waals surface area contributed by atoms with Gasteiger partial charge in [0.05, 0.1) is 19.8 Å². The summed E-state index contributed by atoms with van der Waals surface area (Å²) >= 11 is 0. The SMILES string of the molecule is COc1ccc(OC)c(C(=O)CC(C)CC(=O)O)c1. The summed E-state index contributed by atoms with van der Waals surface area (Å²) in [6, 6.07) is 4.97. The van der Waals surface area contributed by atoms with Crippen molar-refractivity contribution in [2.24, 2.45) is 5.92 Å². The summed E-state index contributed by atoms with van der Waals surface area (Å²) < 4.78 is 10.2. The molecular formula is C14H18O5. The highest BCUT2D eigenvalue weighted by Gasteiger charge is 2.18. The van der Waals surface area contributed by atoms with Crippen LogP contribution in [0.25, 0.3) is 0 Å². The van der Waals surface area contributed by atoms with E-state index in [4.69, 9.17) is 14.6 Å². The Morgan fingerprint density at radius 3 is 2.42 bits per heavy atom. The molecule has 1 unspecified atom stereocenters. The molecule has 1 aromatic rings. The number of carbonyl (C=O) groups excluding carboxylic acids is 1. The van der Waals surface area contributed by atoms with Gasteiger partial charge in [-0.1, -0.05) is 6.92 Å².